The molecule has 0 bridgehead atoms. The SMILES string of the molecule is Cc1cccc(NC(=O)Cc2csc3nc(-c4ccccc4)cn23)c1C(=O)N1CCCC1. The molecular weight excluding hydrogens is 420 g/mol. The molecule has 1 aliphatic heterocycles. The van der Waals surface area contributed by atoms with Crippen LogP contribution in [0.15, 0.2) is 60.1 Å². The van der Waals surface area contributed by atoms with Gasteiger partial charge in [-0.05, 0) is 31.4 Å². The van der Waals surface area contributed by atoms with Crippen molar-refractivity contribution in [2.75, 3.05) is 18.4 Å². The molecule has 5 rings (SSSR count). The molecule has 6 nitrogen and oxygen atoms in total. The number of hydrogen-bond acceptors (Lipinski definition) is 4. The van der Waals surface area contributed by atoms with Crippen molar-refractivity contribution < 1.29 is 9.59 Å². The van der Waals surface area contributed by atoms with Crippen molar-refractivity contribution in [1.29, 1.82) is 0 Å². The quantitative estimate of drug-likeness (QED) is 0.481. The number of aromatic nitrogens is 2. The number of anilines is 1. The van der Waals surface area contributed by atoms with Crippen LogP contribution in [-0.4, -0.2) is 39.2 Å². The van der Waals surface area contributed by atoms with Crippen LogP contribution in [0.1, 0.15) is 34.5 Å². The highest BCUT2D eigenvalue weighted by atomic mass is 32.1. The summed E-state index contributed by atoms with van der Waals surface area (Å²) in [4.78, 5) is 33.4. The molecule has 0 aliphatic carbocycles. The van der Waals surface area contributed by atoms with Gasteiger partial charge in [0.15, 0.2) is 4.96 Å². The molecule has 3 heterocycles. The van der Waals surface area contributed by atoms with Crippen molar-refractivity contribution in [3.05, 3.63) is 76.9 Å². The van der Waals surface area contributed by atoms with Crippen LogP contribution in [0.3, 0.4) is 0 Å². The van der Waals surface area contributed by atoms with Gasteiger partial charge in [-0.3, -0.25) is 14.0 Å². The maximum absolute atomic E-state index is 13.1. The van der Waals surface area contributed by atoms with E-state index in [-0.39, 0.29) is 18.2 Å². The minimum atomic E-state index is -0.152. The second-order valence-electron chi connectivity index (χ2n) is 8.09. The van der Waals surface area contributed by atoms with Gasteiger partial charge in [0, 0.05) is 35.9 Å². The molecule has 1 saturated heterocycles. The summed E-state index contributed by atoms with van der Waals surface area (Å²) in [5, 5.41) is 4.94. The summed E-state index contributed by atoms with van der Waals surface area (Å²) in [6, 6.07) is 15.6. The van der Waals surface area contributed by atoms with Crippen LogP contribution in [0.2, 0.25) is 0 Å². The van der Waals surface area contributed by atoms with Gasteiger partial charge in [-0.1, -0.05) is 42.5 Å². The third-order valence-corrected chi connectivity index (χ3v) is 6.74. The highest BCUT2D eigenvalue weighted by Crippen LogP contribution is 2.26. The third-order valence-electron chi connectivity index (χ3n) is 5.85. The number of aryl methyl sites for hydroxylation is 1. The molecule has 0 atom stereocenters. The molecule has 2 amide bonds. The largest absolute Gasteiger partial charge is 0.339 e. The fourth-order valence-electron chi connectivity index (χ4n) is 4.20. The number of thiazole rings is 1. The Morgan fingerprint density at radius 3 is 2.62 bits per heavy atom. The van der Waals surface area contributed by atoms with Crippen molar-refractivity contribution in [3.8, 4) is 11.3 Å². The van der Waals surface area contributed by atoms with Crippen molar-refractivity contribution in [2.24, 2.45) is 0 Å². The lowest BCUT2D eigenvalue weighted by atomic mass is 10.0. The van der Waals surface area contributed by atoms with Crippen LogP contribution in [0.5, 0.6) is 0 Å². The fraction of sp³-hybridized carbons (Fsp3) is 0.240. The highest BCUT2D eigenvalue weighted by Gasteiger charge is 2.24. The number of fused-ring (bicyclic) bond motifs is 1. The Kier molecular flexibility index (Phi) is 5.49. The molecule has 32 heavy (non-hydrogen) atoms. The van der Waals surface area contributed by atoms with Gasteiger partial charge in [0.2, 0.25) is 5.91 Å². The lowest BCUT2D eigenvalue weighted by molar-refractivity contribution is -0.115. The molecule has 0 radical (unpaired) electrons. The second kappa shape index (κ2) is 8.59. The average molecular weight is 445 g/mol. The van der Waals surface area contributed by atoms with Gasteiger partial charge in [0.25, 0.3) is 5.91 Å². The highest BCUT2D eigenvalue weighted by molar-refractivity contribution is 7.15. The average Bonchev–Trinajstić information content (AvgIpc) is 3.53. The molecule has 7 heteroatoms. The van der Waals surface area contributed by atoms with Gasteiger partial charge in [-0.2, -0.15) is 0 Å². The number of hydrogen-bond donors (Lipinski definition) is 1. The number of nitrogens with zero attached hydrogens (tertiary/aromatic N) is 3. The maximum atomic E-state index is 13.1. The molecule has 0 spiro atoms. The number of carbonyl (C=O) groups is 2. The number of nitrogens with one attached hydrogen (secondary N) is 1. The maximum Gasteiger partial charge on any atom is 0.256 e. The summed E-state index contributed by atoms with van der Waals surface area (Å²) < 4.78 is 1.97. The zero-order chi connectivity index (χ0) is 22.1. The Morgan fingerprint density at radius 2 is 1.84 bits per heavy atom. The van der Waals surface area contributed by atoms with E-state index in [0.29, 0.717) is 11.3 Å². The standard InChI is InChI=1S/C25H24N4O2S/c1-17-8-7-11-20(23(17)24(31)28-12-5-6-13-28)26-22(30)14-19-16-32-25-27-21(15-29(19)25)18-9-3-2-4-10-18/h2-4,7-11,15-16H,5-6,12-14H2,1H3,(H,26,30). The summed E-state index contributed by atoms with van der Waals surface area (Å²) in [6.07, 6.45) is 4.24. The van der Waals surface area contributed by atoms with Gasteiger partial charge >= 0.3 is 0 Å². The van der Waals surface area contributed by atoms with Crippen LogP contribution in [0, 0.1) is 6.92 Å². The van der Waals surface area contributed by atoms with Crippen LogP contribution >= 0.6 is 11.3 Å². The van der Waals surface area contributed by atoms with E-state index >= 15 is 0 Å². The predicted octanol–water partition coefficient (Wildman–Crippen LogP) is 4.79. The number of likely N-dealkylation sites (tertiary alicyclic amines) is 1. The van der Waals surface area contributed by atoms with Crippen LogP contribution in [0.4, 0.5) is 5.69 Å². The Hall–Kier alpha value is -3.45. The number of rotatable bonds is 5. The number of amides is 2. The number of imidazole rings is 1. The molecule has 0 unspecified atom stereocenters. The van der Waals surface area contributed by atoms with Crippen LogP contribution < -0.4 is 5.32 Å². The van der Waals surface area contributed by atoms with E-state index in [9.17, 15) is 9.59 Å². The lowest BCUT2D eigenvalue weighted by Crippen LogP contribution is -2.29. The molecule has 1 N–H and O–H groups in total. The van der Waals surface area contributed by atoms with Gasteiger partial charge in [-0.15, -0.1) is 11.3 Å². The van der Waals surface area contributed by atoms with E-state index < -0.39 is 0 Å². The van der Waals surface area contributed by atoms with E-state index in [1.807, 2.05) is 76.3 Å². The molecule has 4 aromatic rings. The van der Waals surface area contributed by atoms with Gasteiger partial charge in [0.1, 0.15) is 0 Å². The smallest absolute Gasteiger partial charge is 0.256 e. The van der Waals surface area contributed by atoms with Crippen molar-refractivity contribution in [3.63, 3.8) is 0 Å². The molecule has 2 aromatic heterocycles. The van der Waals surface area contributed by atoms with Crippen molar-refractivity contribution in [1.82, 2.24) is 14.3 Å². The third kappa shape index (κ3) is 3.91. The second-order valence-corrected chi connectivity index (χ2v) is 8.93. The Bertz CT molecular complexity index is 1290. The summed E-state index contributed by atoms with van der Waals surface area (Å²) >= 11 is 1.52. The zero-order valence-corrected chi connectivity index (χ0v) is 18.7. The molecule has 1 fully saturated rings. The van der Waals surface area contributed by atoms with Crippen molar-refractivity contribution in [2.45, 2.75) is 26.2 Å². The molecular formula is C25H24N4O2S. The zero-order valence-electron chi connectivity index (χ0n) is 17.9. The molecule has 0 saturated carbocycles. The first kappa shape index (κ1) is 20.5. The van der Waals surface area contributed by atoms with E-state index in [0.717, 1.165) is 53.4 Å². The van der Waals surface area contributed by atoms with Crippen LogP contribution in [0.25, 0.3) is 16.2 Å². The number of benzene rings is 2. The lowest BCUT2D eigenvalue weighted by Gasteiger charge is -2.19. The Labute approximate surface area is 190 Å². The fourth-order valence-corrected chi connectivity index (χ4v) is 5.07. The summed E-state index contributed by atoms with van der Waals surface area (Å²) in [7, 11) is 0. The molecule has 162 valence electrons. The van der Waals surface area contributed by atoms with E-state index in [1.165, 1.54) is 11.3 Å². The first-order valence-corrected chi connectivity index (χ1v) is 11.7. The predicted molar refractivity (Wildman–Crippen MR) is 127 cm³/mol. The van der Waals surface area contributed by atoms with E-state index in [2.05, 4.69) is 10.3 Å². The summed E-state index contributed by atoms with van der Waals surface area (Å²) in [5.41, 5.74) is 4.85. The van der Waals surface area contributed by atoms with Crippen molar-refractivity contribution >= 4 is 33.8 Å². The topological polar surface area (TPSA) is 66.7 Å². The minimum absolute atomic E-state index is 0.00376. The Balaban J connectivity index is 1.36. The summed E-state index contributed by atoms with van der Waals surface area (Å²) in [6.45, 7) is 3.47. The summed E-state index contributed by atoms with van der Waals surface area (Å²) in [5.74, 6) is -0.156. The first-order valence-electron chi connectivity index (χ1n) is 10.8. The molecule has 1 aliphatic rings. The van der Waals surface area contributed by atoms with Gasteiger partial charge < -0.3 is 10.2 Å². The van der Waals surface area contributed by atoms with Gasteiger partial charge in [0.05, 0.1) is 23.4 Å². The van der Waals surface area contributed by atoms with Gasteiger partial charge in [-0.25, -0.2) is 4.98 Å². The number of carbonyl (C=O) groups excluding carboxylic acids is 2. The van der Waals surface area contributed by atoms with Crippen LogP contribution in [-0.2, 0) is 11.2 Å². The van der Waals surface area contributed by atoms with E-state index in [1.54, 1.807) is 0 Å². The minimum Gasteiger partial charge on any atom is -0.339 e. The van der Waals surface area contributed by atoms with E-state index in [4.69, 9.17) is 0 Å². The first-order chi connectivity index (χ1) is 15.6. The Morgan fingerprint density at radius 1 is 1.06 bits per heavy atom. The molecule has 2 aromatic carbocycles. The monoisotopic (exact) mass is 444 g/mol. The normalized spacial score (nSPS) is 13.6.